The Morgan fingerprint density at radius 1 is 1.50 bits per heavy atom. The first-order valence-electron chi connectivity index (χ1n) is 4.16. The highest BCUT2D eigenvalue weighted by atomic mass is 16.5. The van der Waals surface area contributed by atoms with Crippen molar-refractivity contribution in [2.45, 2.75) is 26.1 Å². The number of nitrogens with two attached hydrogens (primary N) is 1. The van der Waals surface area contributed by atoms with E-state index in [0.29, 0.717) is 6.54 Å². The molecule has 1 saturated heterocycles. The fourth-order valence-electron chi connectivity index (χ4n) is 1.60. The van der Waals surface area contributed by atoms with Crippen molar-refractivity contribution < 1.29 is 14.6 Å². The maximum atomic E-state index is 10.7. The van der Waals surface area contributed by atoms with Gasteiger partial charge in [-0.1, -0.05) is 13.8 Å². The number of carbonyl (C=O) groups is 1. The van der Waals surface area contributed by atoms with Crippen molar-refractivity contribution in [2.24, 2.45) is 17.6 Å². The van der Waals surface area contributed by atoms with Crippen LogP contribution in [0.15, 0.2) is 0 Å². The van der Waals surface area contributed by atoms with Crippen LogP contribution in [0.2, 0.25) is 0 Å². The number of aliphatic carboxylic acids is 1. The first-order valence-corrected chi connectivity index (χ1v) is 4.16. The van der Waals surface area contributed by atoms with Crippen LogP contribution in [-0.2, 0) is 9.53 Å². The minimum absolute atomic E-state index is 0.0519. The topological polar surface area (TPSA) is 72.5 Å². The minimum Gasteiger partial charge on any atom is -0.479 e. The molecule has 70 valence electrons. The predicted octanol–water partition coefficient (Wildman–Crippen LogP) is 0.0693. The zero-order valence-electron chi connectivity index (χ0n) is 7.36. The van der Waals surface area contributed by atoms with Gasteiger partial charge in [0.2, 0.25) is 0 Å². The van der Waals surface area contributed by atoms with Crippen LogP contribution < -0.4 is 5.73 Å². The highest BCUT2D eigenvalue weighted by Gasteiger charge is 2.42. The maximum absolute atomic E-state index is 10.7. The van der Waals surface area contributed by atoms with Crippen molar-refractivity contribution in [3.05, 3.63) is 0 Å². The Balaban J connectivity index is 2.66. The Morgan fingerprint density at radius 2 is 2.08 bits per heavy atom. The van der Waals surface area contributed by atoms with Crippen LogP contribution in [0.3, 0.4) is 0 Å². The molecule has 0 spiro atoms. The largest absolute Gasteiger partial charge is 0.479 e. The van der Waals surface area contributed by atoms with E-state index in [1.54, 1.807) is 0 Å². The molecule has 3 N–H and O–H groups in total. The standard InChI is InChI=1S/C8H15NO3/c1-4-5(2)7(8(10)11)12-6(4)3-9/h4-7H,3,9H2,1-2H3,(H,10,11)/t4-,5-,6+,7?/m1/s1. The molecule has 0 aromatic carbocycles. The van der Waals surface area contributed by atoms with Gasteiger partial charge in [0, 0.05) is 6.54 Å². The molecular formula is C8H15NO3. The average Bonchev–Trinajstić information content (AvgIpc) is 2.30. The highest BCUT2D eigenvalue weighted by Crippen LogP contribution is 2.31. The molecule has 12 heavy (non-hydrogen) atoms. The number of hydrogen-bond acceptors (Lipinski definition) is 3. The lowest BCUT2D eigenvalue weighted by Crippen LogP contribution is -2.26. The molecule has 0 bridgehead atoms. The van der Waals surface area contributed by atoms with E-state index in [2.05, 4.69) is 0 Å². The number of carboxylic acid groups (broad SMARTS) is 1. The average molecular weight is 173 g/mol. The van der Waals surface area contributed by atoms with Gasteiger partial charge < -0.3 is 15.6 Å². The molecule has 1 rings (SSSR count). The lowest BCUT2D eigenvalue weighted by molar-refractivity contribution is -0.150. The highest BCUT2D eigenvalue weighted by molar-refractivity contribution is 5.73. The van der Waals surface area contributed by atoms with E-state index in [4.69, 9.17) is 15.6 Å². The van der Waals surface area contributed by atoms with Gasteiger partial charge in [-0.05, 0) is 11.8 Å². The summed E-state index contributed by atoms with van der Waals surface area (Å²) in [7, 11) is 0. The van der Waals surface area contributed by atoms with Crippen LogP contribution in [0.4, 0.5) is 0 Å². The molecular weight excluding hydrogens is 158 g/mol. The predicted molar refractivity (Wildman–Crippen MR) is 43.7 cm³/mol. The normalized spacial score (nSPS) is 41.6. The second-order valence-electron chi connectivity index (χ2n) is 3.39. The lowest BCUT2D eigenvalue weighted by Gasteiger charge is -2.12. The molecule has 0 aromatic heterocycles. The zero-order chi connectivity index (χ0) is 9.30. The number of rotatable bonds is 2. The second kappa shape index (κ2) is 3.41. The van der Waals surface area contributed by atoms with Crippen molar-refractivity contribution in [1.82, 2.24) is 0 Å². The Kier molecular flexibility index (Phi) is 2.69. The summed E-state index contributed by atoms with van der Waals surface area (Å²) in [5.74, 6) is -0.600. The first kappa shape index (κ1) is 9.48. The number of ether oxygens (including phenoxy) is 1. The zero-order valence-corrected chi connectivity index (χ0v) is 7.36. The van der Waals surface area contributed by atoms with Crippen LogP contribution >= 0.6 is 0 Å². The third-order valence-electron chi connectivity index (χ3n) is 2.69. The fourth-order valence-corrected chi connectivity index (χ4v) is 1.60. The molecule has 4 atom stereocenters. The van der Waals surface area contributed by atoms with Crippen molar-refractivity contribution in [2.75, 3.05) is 6.54 Å². The van der Waals surface area contributed by atoms with Crippen molar-refractivity contribution >= 4 is 5.97 Å². The van der Waals surface area contributed by atoms with E-state index in [-0.39, 0.29) is 17.9 Å². The summed E-state index contributed by atoms with van der Waals surface area (Å²) in [5, 5.41) is 8.75. The van der Waals surface area contributed by atoms with Gasteiger partial charge in [-0.25, -0.2) is 4.79 Å². The van der Waals surface area contributed by atoms with Gasteiger partial charge in [-0.3, -0.25) is 0 Å². The Hall–Kier alpha value is -0.610. The molecule has 1 heterocycles. The van der Waals surface area contributed by atoms with E-state index in [1.165, 1.54) is 0 Å². The van der Waals surface area contributed by atoms with E-state index in [1.807, 2.05) is 13.8 Å². The lowest BCUT2D eigenvalue weighted by atomic mass is 9.90. The SMILES string of the molecule is C[C@H]1[C@H](CN)OC(C(=O)O)[C@@H]1C. The maximum Gasteiger partial charge on any atom is 0.333 e. The summed E-state index contributed by atoms with van der Waals surface area (Å²) >= 11 is 0. The van der Waals surface area contributed by atoms with Crippen molar-refractivity contribution in [1.29, 1.82) is 0 Å². The summed E-state index contributed by atoms with van der Waals surface area (Å²) in [6.45, 7) is 4.26. The summed E-state index contributed by atoms with van der Waals surface area (Å²) < 4.78 is 5.27. The first-order chi connectivity index (χ1) is 5.57. The summed E-state index contributed by atoms with van der Waals surface area (Å²) in [5.41, 5.74) is 5.43. The molecule has 0 aliphatic carbocycles. The van der Waals surface area contributed by atoms with E-state index >= 15 is 0 Å². The monoisotopic (exact) mass is 173 g/mol. The third-order valence-corrected chi connectivity index (χ3v) is 2.69. The summed E-state index contributed by atoms with van der Waals surface area (Å²) in [4.78, 5) is 10.7. The van der Waals surface area contributed by atoms with Crippen LogP contribution in [0.1, 0.15) is 13.8 Å². The van der Waals surface area contributed by atoms with Gasteiger partial charge in [0.25, 0.3) is 0 Å². The molecule has 1 aliphatic heterocycles. The van der Waals surface area contributed by atoms with Crippen LogP contribution in [0.5, 0.6) is 0 Å². The molecule has 1 aliphatic rings. The Bertz CT molecular complexity index is 183. The van der Waals surface area contributed by atoms with Crippen LogP contribution in [-0.4, -0.2) is 29.8 Å². The van der Waals surface area contributed by atoms with Crippen LogP contribution in [0, 0.1) is 11.8 Å². The third kappa shape index (κ3) is 1.44. The van der Waals surface area contributed by atoms with Gasteiger partial charge >= 0.3 is 5.97 Å². The molecule has 1 unspecified atom stereocenters. The van der Waals surface area contributed by atoms with Gasteiger partial charge in [0.1, 0.15) is 0 Å². The molecule has 1 fully saturated rings. The molecule has 0 aromatic rings. The second-order valence-corrected chi connectivity index (χ2v) is 3.39. The molecule has 0 radical (unpaired) electrons. The summed E-state index contributed by atoms with van der Waals surface area (Å²) in [6.07, 6.45) is -0.769. The molecule has 4 nitrogen and oxygen atoms in total. The number of hydrogen-bond donors (Lipinski definition) is 2. The number of carboxylic acids is 1. The minimum atomic E-state index is -0.884. The van der Waals surface area contributed by atoms with Crippen molar-refractivity contribution in [3.8, 4) is 0 Å². The van der Waals surface area contributed by atoms with E-state index in [0.717, 1.165) is 0 Å². The quantitative estimate of drug-likeness (QED) is 0.619. The fraction of sp³-hybridized carbons (Fsp3) is 0.875. The van der Waals surface area contributed by atoms with Gasteiger partial charge in [-0.15, -0.1) is 0 Å². The van der Waals surface area contributed by atoms with Gasteiger partial charge in [0.05, 0.1) is 6.10 Å². The Morgan fingerprint density at radius 3 is 2.33 bits per heavy atom. The summed E-state index contributed by atoms with van der Waals surface area (Å²) in [6, 6.07) is 0. The van der Waals surface area contributed by atoms with Gasteiger partial charge in [-0.2, -0.15) is 0 Å². The van der Waals surface area contributed by atoms with Gasteiger partial charge in [0.15, 0.2) is 6.10 Å². The Labute approximate surface area is 71.7 Å². The molecule has 4 heteroatoms. The molecule has 0 saturated carbocycles. The van der Waals surface area contributed by atoms with Crippen molar-refractivity contribution in [3.63, 3.8) is 0 Å². The smallest absolute Gasteiger partial charge is 0.333 e. The molecule has 0 amide bonds. The van der Waals surface area contributed by atoms with Crippen LogP contribution in [0.25, 0.3) is 0 Å². The van der Waals surface area contributed by atoms with E-state index < -0.39 is 12.1 Å². The van der Waals surface area contributed by atoms with E-state index in [9.17, 15) is 4.79 Å².